The van der Waals surface area contributed by atoms with Crippen LogP contribution in [-0.2, 0) is 11.3 Å². The lowest BCUT2D eigenvalue weighted by Crippen LogP contribution is -2.51. The van der Waals surface area contributed by atoms with E-state index in [1.165, 1.54) is 5.57 Å². The van der Waals surface area contributed by atoms with Gasteiger partial charge in [-0.3, -0.25) is 4.90 Å². The summed E-state index contributed by atoms with van der Waals surface area (Å²) >= 11 is 0. The minimum Gasteiger partial charge on any atom is -0.445 e. The SMILES string of the molecule is N#CCCC1=CC2CCCC(C1)N2C(=O)OCc1ccccc1. The molecule has 2 aliphatic rings. The third-order valence-electron chi connectivity index (χ3n) is 4.69. The van der Waals surface area contributed by atoms with Crippen LogP contribution in [0.5, 0.6) is 0 Å². The van der Waals surface area contributed by atoms with E-state index in [4.69, 9.17) is 10.00 Å². The standard InChI is InChI=1S/C19H22N2O2/c20-11-5-8-16-12-17-9-4-10-18(13-16)21(17)19(22)23-14-15-6-2-1-3-7-15/h1-3,6-7,12,17-18H,4-5,8-10,13-14H2. The van der Waals surface area contributed by atoms with Crippen molar-refractivity contribution in [2.24, 2.45) is 0 Å². The molecule has 4 nitrogen and oxygen atoms in total. The minimum absolute atomic E-state index is 0.138. The Hall–Kier alpha value is -2.28. The van der Waals surface area contributed by atoms with Gasteiger partial charge in [0.1, 0.15) is 6.61 Å². The molecule has 2 bridgehead atoms. The number of ether oxygens (including phenoxy) is 1. The van der Waals surface area contributed by atoms with Crippen LogP contribution >= 0.6 is 0 Å². The number of piperidine rings is 1. The maximum absolute atomic E-state index is 12.5. The summed E-state index contributed by atoms with van der Waals surface area (Å²) in [4.78, 5) is 14.4. The van der Waals surface area contributed by atoms with Crippen molar-refractivity contribution in [2.75, 3.05) is 0 Å². The number of hydrogen-bond donors (Lipinski definition) is 0. The molecule has 0 saturated carbocycles. The lowest BCUT2D eigenvalue weighted by Gasteiger charge is -2.44. The zero-order chi connectivity index (χ0) is 16.1. The normalized spacial score (nSPS) is 22.9. The van der Waals surface area contributed by atoms with Gasteiger partial charge < -0.3 is 4.74 Å². The van der Waals surface area contributed by atoms with Gasteiger partial charge in [-0.1, -0.05) is 42.0 Å². The molecule has 0 spiro atoms. The van der Waals surface area contributed by atoms with Crippen molar-refractivity contribution in [3.63, 3.8) is 0 Å². The molecule has 0 N–H and O–H groups in total. The number of hydrogen-bond acceptors (Lipinski definition) is 3. The maximum Gasteiger partial charge on any atom is 0.410 e. The Labute approximate surface area is 137 Å². The van der Waals surface area contributed by atoms with Gasteiger partial charge in [0.2, 0.25) is 0 Å². The average Bonchev–Trinajstić information content (AvgIpc) is 2.58. The van der Waals surface area contributed by atoms with E-state index in [2.05, 4.69) is 12.1 Å². The fourth-order valence-corrected chi connectivity index (χ4v) is 3.60. The lowest BCUT2D eigenvalue weighted by molar-refractivity contribution is 0.0479. The van der Waals surface area contributed by atoms with E-state index in [0.29, 0.717) is 13.0 Å². The Balaban J connectivity index is 1.64. The summed E-state index contributed by atoms with van der Waals surface area (Å²) in [6.07, 6.45) is 7.43. The van der Waals surface area contributed by atoms with Crippen molar-refractivity contribution in [2.45, 2.75) is 57.2 Å². The van der Waals surface area contributed by atoms with Crippen LogP contribution in [0.2, 0.25) is 0 Å². The van der Waals surface area contributed by atoms with Crippen LogP contribution < -0.4 is 0 Å². The number of carbonyl (C=O) groups excluding carboxylic acids is 1. The molecular formula is C19H22N2O2. The lowest BCUT2D eigenvalue weighted by atomic mass is 9.84. The summed E-state index contributed by atoms with van der Waals surface area (Å²) in [7, 11) is 0. The molecule has 0 aromatic heterocycles. The van der Waals surface area contributed by atoms with Gasteiger partial charge in [-0.25, -0.2) is 4.79 Å². The van der Waals surface area contributed by atoms with Crippen molar-refractivity contribution >= 4 is 6.09 Å². The predicted molar refractivity (Wildman–Crippen MR) is 87.4 cm³/mol. The third kappa shape index (κ3) is 3.73. The summed E-state index contributed by atoms with van der Waals surface area (Å²) in [6, 6.07) is 12.3. The quantitative estimate of drug-likeness (QED) is 0.784. The molecule has 1 aromatic carbocycles. The highest BCUT2D eigenvalue weighted by atomic mass is 16.6. The van der Waals surface area contributed by atoms with Crippen LogP contribution in [0.15, 0.2) is 42.0 Å². The predicted octanol–water partition coefficient (Wildman–Crippen LogP) is 4.18. The van der Waals surface area contributed by atoms with Gasteiger partial charge in [-0.05, 0) is 37.7 Å². The number of rotatable bonds is 4. The molecule has 23 heavy (non-hydrogen) atoms. The molecule has 2 unspecified atom stereocenters. The fourth-order valence-electron chi connectivity index (χ4n) is 3.60. The molecule has 2 heterocycles. The summed E-state index contributed by atoms with van der Waals surface area (Å²) < 4.78 is 5.53. The summed E-state index contributed by atoms with van der Waals surface area (Å²) in [5, 5.41) is 8.76. The van der Waals surface area contributed by atoms with E-state index in [9.17, 15) is 4.79 Å². The minimum atomic E-state index is -0.209. The molecular weight excluding hydrogens is 288 g/mol. The van der Waals surface area contributed by atoms with E-state index < -0.39 is 0 Å². The molecule has 1 aromatic rings. The Kier molecular flexibility index (Phi) is 4.97. The van der Waals surface area contributed by atoms with Gasteiger partial charge in [0.05, 0.1) is 12.1 Å². The van der Waals surface area contributed by atoms with Crippen LogP contribution in [0.25, 0.3) is 0 Å². The molecule has 1 fully saturated rings. The zero-order valence-electron chi connectivity index (χ0n) is 13.3. The number of amides is 1. The number of nitrogens with zero attached hydrogens (tertiary/aromatic N) is 2. The van der Waals surface area contributed by atoms with Gasteiger partial charge in [-0.15, -0.1) is 0 Å². The monoisotopic (exact) mass is 310 g/mol. The van der Waals surface area contributed by atoms with E-state index in [0.717, 1.165) is 37.7 Å². The summed E-state index contributed by atoms with van der Waals surface area (Å²) in [5.41, 5.74) is 2.33. The zero-order valence-corrected chi connectivity index (χ0v) is 13.3. The van der Waals surface area contributed by atoms with Crippen molar-refractivity contribution in [1.82, 2.24) is 4.90 Å². The molecule has 0 radical (unpaired) electrons. The van der Waals surface area contributed by atoms with Crippen LogP contribution in [-0.4, -0.2) is 23.1 Å². The van der Waals surface area contributed by atoms with Gasteiger partial charge in [-0.2, -0.15) is 5.26 Å². The third-order valence-corrected chi connectivity index (χ3v) is 4.69. The topological polar surface area (TPSA) is 53.3 Å². The first-order valence-electron chi connectivity index (χ1n) is 8.33. The van der Waals surface area contributed by atoms with Crippen LogP contribution in [0.4, 0.5) is 4.79 Å². The highest BCUT2D eigenvalue weighted by Crippen LogP contribution is 2.35. The van der Waals surface area contributed by atoms with Gasteiger partial charge >= 0.3 is 6.09 Å². The molecule has 2 atom stereocenters. The number of fused-ring (bicyclic) bond motifs is 2. The van der Waals surface area contributed by atoms with Gasteiger partial charge in [0.15, 0.2) is 0 Å². The van der Waals surface area contributed by atoms with Crippen LogP contribution in [0, 0.1) is 11.3 Å². The molecule has 1 amide bonds. The second kappa shape index (κ2) is 7.32. The largest absolute Gasteiger partial charge is 0.445 e. The van der Waals surface area contributed by atoms with Gasteiger partial charge in [0, 0.05) is 12.5 Å². The first-order chi connectivity index (χ1) is 11.3. The number of carbonyl (C=O) groups is 1. The van der Waals surface area contributed by atoms with Crippen LogP contribution in [0.3, 0.4) is 0 Å². The highest BCUT2D eigenvalue weighted by Gasteiger charge is 2.37. The Morgan fingerprint density at radius 2 is 2.13 bits per heavy atom. The Morgan fingerprint density at radius 3 is 2.87 bits per heavy atom. The maximum atomic E-state index is 12.5. The van der Waals surface area contributed by atoms with E-state index in [1.807, 2.05) is 35.2 Å². The number of benzene rings is 1. The molecule has 120 valence electrons. The van der Waals surface area contributed by atoms with Crippen molar-refractivity contribution < 1.29 is 9.53 Å². The first kappa shape index (κ1) is 15.6. The van der Waals surface area contributed by atoms with Gasteiger partial charge in [0.25, 0.3) is 0 Å². The molecule has 3 rings (SSSR count). The van der Waals surface area contributed by atoms with E-state index in [-0.39, 0.29) is 18.2 Å². The smallest absolute Gasteiger partial charge is 0.410 e. The molecule has 0 aliphatic carbocycles. The summed E-state index contributed by atoms with van der Waals surface area (Å²) in [5.74, 6) is 0. The van der Waals surface area contributed by atoms with Crippen molar-refractivity contribution in [3.8, 4) is 6.07 Å². The van der Waals surface area contributed by atoms with E-state index in [1.54, 1.807) is 0 Å². The van der Waals surface area contributed by atoms with E-state index >= 15 is 0 Å². The van der Waals surface area contributed by atoms with Crippen molar-refractivity contribution in [1.29, 1.82) is 5.26 Å². The molecule has 1 saturated heterocycles. The van der Waals surface area contributed by atoms with Crippen molar-refractivity contribution in [3.05, 3.63) is 47.5 Å². The summed E-state index contributed by atoms with van der Waals surface area (Å²) in [6.45, 7) is 0.320. The Morgan fingerprint density at radius 1 is 1.30 bits per heavy atom. The highest BCUT2D eigenvalue weighted by molar-refractivity contribution is 5.69. The second-order valence-electron chi connectivity index (χ2n) is 6.29. The van der Waals surface area contributed by atoms with Crippen LogP contribution in [0.1, 0.15) is 44.1 Å². The molecule has 4 heteroatoms. The average molecular weight is 310 g/mol. The second-order valence-corrected chi connectivity index (χ2v) is 6.29. The number of nitriles is 1. The first-order valence-corrected chi connectivity index (χ1v) is 8.33. The fraction of sp³-hybridized carbons (Fsp3) is 0.474. The molecule has 2 aliphatic heterocycles. The Bertz CT molecular complexity index is 618.